The quantitative estimate of drug-likeness (QED) is 0.806. The smallest absolute Gasteiger partial charge is 0.229 e. The molecule has 0 aliphatic heterocycles. The Morgan fingerprint density at radius 2 is 1.53 bits per heavy atom. The molecular formula is C14H24ClNO. The zero-order chi connectivity index (χ0) is 13.9. The molecule has 0 aromatic heterocycles. The normalized spacial score (nSPS) is 9.12. The average Bonchev–Trinajstić information content (AvgIpc) is 2.43. The lowest BCUT2D eigenvalue weighted by Gasteiger charge is -2.22. The van der Waals surface area contributed by atoms with E-state index in [0.717, 1.165) is 5.56 Å². The van der Waals surface area contributed by atoms with Crippen LogP contribution in [-0.4, -0.2) is 19.3 Å². The van der Waals surface area contributed by atoms with Crippen LogP contribution in [0, 0.1) is 0 Å². The number of benzene rings is 1. The van der Waals surface area contributed by atoms with Gasteiger partial charge in [-0.05, 0) is 19.4 Å². The fourth-order valence-electron chi connectivity index (χ4n) is 1.30. The second-order valence-electron chi connectivity index (χ2n) is 3.57. The molecule has 0 aliphatic rings. The molecule has 0 atom stereocenters. The molecule has 0 spiro atoms. The van der Waals surface area contributed by atoms with E-state index in [2.05, 4.69) is 16.9 Å². The van der Waals surface area contributed by atoms with E-state index in [9.17, 15) is 4.79 Å². The van der Waals surface area contributed by atoms with Crippen molar-refractivity contribution in [3.63, 3.8) is 0 Å². The standard InChI is InChI=1S/C11H15NO.C2H6.CH3Cl/c1-11(2,10(13)12-3)9-7-5-4-6-8-9;2*1-2/h4-8H,1-3H3,(H,12,13);1-2H3;1H3. The van der Waals surface area contributed by atoms with Gasteiger partial charge in [0, 0.05) is 13.4 Å². The van der Waals surface area contributed by atoms with Crippen molar-refractivity contribution in [1.29, 1.82) is 0 Å². The van der Waals surface area contributed by atoms with Crippen molar-refractivity contribution < 1.29 is 4.79 Å². The Morgan fingerprint density at radius 3 is 1.88 bits per heavy atom. The number of carbonyl (C=O) groups excluding carboxylic acids is 1. The molecule has 98 valence electrons. The largest absolute Gasteiger partial charge is 0.358 e. The first kappa shape index (κ1) is 18.3. The van der Waals surface area contributed by atoms with Crippen LogP contribution in [0.5, 0.6) is 0 Å². The number of carbonyl (C=O) groups is 1. The molecule has 0 radical (unpaired) electrons. The van der Waals surface area contributed by atoms with E-state index in [1.54, 1.807) is 7.05 Å². The number of halogens is 1. The van der Waals surface area contributed by atoms with Crippen molar-refractivity contribution in [2.45, 2.75) is 33.1 Å². The SMILES string of the molecule is CC.CCl.CNC(=O)C(C)(C)c1ccccc1. The number of rotatable bonds is 2. The summed E-state index contributed by atoms with van der Waals surface area (Å²) in [6, 6.07) is 9.77. The first-order chi connectivity index (χ1) is 8.09. The molecular weight excluding hydrogens is 234 g/mol. The molecule has 0 fully saturated rings. The van der Waals surface area contributed by atoms with Crippen molar-refractivity contribution in [1.82, 2.24) is 5.32 Å². The maximum Gasteiger partial charge on any atom is 0.229 e. The lowest BCUT2D eigenvalue weighted by molar-refractivity contribution is -0.125. The van der Waals surface area contributed by atoms with Crippen LogP contribution < -0.4 is 5.32 Å². The van der Waals surface area contributed by atoms with Crippen LogP contribution in [0.3, 0.4) is 0 Å². The Balaban J connectivity index is 0. The minimum Gasteiger partial charge on any atom is -0.358 e. The van der Waals surface area contributed by atoms with Gasteiger partial charge in [-0.1, -0.05) is 44.2 Å². The van der Waals surface area contributed by atoms with Crippen molar-refractivity contribution in [2.75, 3.05) is 13.4 Å². The van der Waals surface area contributed by atoms with Crippen molar-refractivity contribution in [2.24, 2.45) is 0 Å². The molecule has 0 heterocycles. The molecule has 1 amide bonds. The summed E-state index contributed by atoms with van der Waals surface area (Å²) in [7, 11) is 1.66. The molecule has 1 rings (SSSR count). The van der Waals surface area contributed by atoms with Gasteiger partial charge in [-0.15, -0.1) is 11.6 Å². The molecule has 0 saturated carbocycles. The van der Waals surface area contributed by atoms with E-state index in [0.29, 0.717) is 0 Å². The second-order valence-corrected chi connectivity index (χ2v) is 3.57. The third-order valence-corrected chi connectivity index (χ3v) is 2.29. The van der Waals surface area contributed by atoms with Gasteiger partial charge in [0.15, 0.2) is 0 Å². The van der Waals surface area contributed by atoms with E-state index in [4.69, 9.17) is 0 Å². The zero-order valence-electron chi connectivity index (χ0n) is 11.7. The molecule has 17 heavy (non-hydrogen) atoms. The summed E-state index contributed by atoms with van der Waals surface area (Å²) in [6.07, 6.45) is 1.47. The van der Waals surface area contributed by atoms with E-state index in [1.165, 1.54) is 6.38 Å². The van der Waals surface area contributed by atoms with Crippen LogP contribution in [-0.2, 0) is 10.2 Å². The number of alkyl halides is 1. The fourth-order valence-corrected chi connectivity index (χ4v) is 1.30. The Bertz CT molecular complexity index is 296. The maximum atomic E-state index is 11.5. The van der Waals surface area contributed by atoms with Gasteiger partial charge in [-0.3, -0.25) is 4.79 Å². The monoisotopic (exact) mass is 257 g/mol. The summed E-state index contributed by atoms with van der Waals surface area (Å²) < 4.78 is 0. The fraction of sp³-hybridized carbons (Fsp3) is 0.500. The summed E-state index contributed by atoms with van der Waals surface area (Å²) in [4.78, 5) is 11.5. The number of hydrogen-bond donors (Lipinski definition) is 1. The summed E-state index contributed by atoms with van der Waals surface area (Å²) in [5.41, 5.74) is 0.588. The first-order valence-corrected chi connectivity index (χ1v) is 6.50. The predicted octanol–water partition coefficient (Wildman–Crippen LogP) is 3.59. The van der Waals surface area contributed by atoms with Gasteiger partial charge in [0.2, 0.25) is 5.91 Å². The summed E-state index contributed by atoms with van der Waals surface area (Å²) in [5, 5.41) is 2.66. The molecule has 2 nitrogen and oxygen atoms in total. The second kappa shape index (κ2) is 10.2. The Labute approximate surface area is 110 Å². The lowest BCUT2D eigenvalue weighted by Crippen LogP contribution is -2.37. The molecule has 3 heteroatoms. The molecule has 0 saturated heterocycles. The first-order valence-electron chi connectivity index (χ1n) is 5.74. The van der Waals surface area contributed by atoms with Crippen molar-refractivity contribution >= 4 is 17.5 Å². The molecule has 1 N–H and O–H groups in total. The van der Waals surface area contributed by atoms with Crippen LogP contribution in [0.4, 0.5) is 0 Å². The van der Waals surface area contributed by atoms with Gasteiger partial charge in [0.05, 0.1) is 5.41 Å². The third-order valence-electron chi connectivity index (χ3n) is 2.29. The average molecular weight is 258 g/mol. The minimum absolute atomic E-state index is 0.0405. The highest BCUT2D eigenvalue weighted by Crippen LogP contribution is 2.22. The third kappa shape index (κ3) is 5.73. The zero-order valence-corrected chi connectivity index (χ0v) is 12.4. The summed E-state index contributed by atoms with van der Waals surface area (Å²) >= 11 is 4.64. The van der Waals surface area contributed by atoms with Gasteiger partial charge in [-0.25, -0.2) is 0 Å². The van der Waals surface area contributed by atoms with Crippen molar-refractivity contribution in [3.05, 3.63) is 35.9 Å². The molecule has 0 aliphatic carbocycles. The van der Waals surface area contributed by atoms with Gasteiger partial charge in [0.1, 0.15) is 0 Å². The highest BCUT2D eigenvalue weighted by Gasteiger charge is 2.28. The number of amides is 1. The topological polar surface area (TPSA) is 29.1 Å². The number of nitrogens with one attached hydrogen (secondary N) is 1. The summed E-state index contributed by atoms with van der Waals surface area (Å²) in [6.45, 7) is 7.84. The van der Waals surface area contributed by atoms with Crippen LogP contribution in [0.2, 0.25) is 0 Å². The van der Waals surface area contributed by atoms with Crippen LogP contribution >= 0.6 is 11.6 Å². The van der Waals surface area contributed by atoms with E-state index in [1.807, 2.05) is 58.0 Å². The van der Waals surface area contributed by atoms with Crippen LogP contribution in [0.15, 0.2) is 30.3 Å². The molecule has 0 bridgehead atoms. The van der Waals surface area contributed by atoms with E-state index < -0.39 is 5.41 Å². The van der Waals surface area contributed by atoms with E-state index >= 15 is 0 Å². The van der Waals surface area contributed by atoms with Crippen LogP contribution in [0.1, 0.15) is 33.3 Å². The van der Waals surface area contributed by atoms with E-state index in [-0.39, 0.29) is 5.91 Å². The molecule has 1 aromatic rings. The Kier molecular flexibility index (Phi) is 11.0. The summed E-state index contributed by atoms with van der Waals surface area (Å²) in [5.74, 6) is 0.0405. The maximum absolute atomic E-state index is 11.5. The Hall–Kier alpha value is -1.02. The minimum atomic E-state index is -0.448. The van der Waals surface area contributed by atoms with Gasteiger partial charge >= 0.3 is 0 Å². The number of likely N-dealkylation sites (N-methyl/N-ethyl adjacent to an activating group) is 1. The van der Waals surface area contributed by atoms with Gasteiger partial charge < -0.3 is 5.32 Å². The lowest BCUT2D eigenvalue weighted by atomic mass is 9.84. The Morgan fingerprint density at radius 1 is 1.12 bits per heavy atom. The molecule has 0 unspecified atom stereocenters. The predicted molar refractivity (Wildman–Crippen MR) is 76.7 cm³/mol. The van der Waals surface area contributed by atoms with Gasteiger partial charge in [-0.2, -0.15) is 0 Å². The molecule has 1 aromatic carbocycles. The van der Waals surface area contributed by atoms with Gasteiger partial charge in [0.25, 0.3) is 0 Å². The number of hydrogen-bond acceptors (Lipinski definition) is 1. The highest BCUT2D eigenvalue weighted by molar-refractivity contribution is 6.15. The van der Waals surface area contributed by atoms with Crippen molar-refractivity contribution in [3.8, 4) is 0 Å². The highest BCUT2D eigenvalue weighted by atomic mass is 35.5. The van der Waals surface area contributed by atoms with Crippen LogP contribution in [0.25, 0.3) is 0 Å².